The molecule has 0 bridgehead atoms. The van der Waals surface area contributed by atoms with Crippen LogP contribution in [0.2, 0.25) is 0 Å². The van der Waals surface area contributed by atoms with E-state index in [-0.39, 0.29) is 0 Å². The van der Waals surface area contributed by atoms with Crippen LogP contribution in [0, 0.1) is 19.8 Å². The Morgan fingerprint density at radius 3 is 2.50 bits per heavy atom. The van der Waals surface area contributed by atoms with Crippen LogP contribution < -0.4 is 5.32 Å². The van der Waals surface area contributed by atoms with Gasteiger partial charge in [-0.3, -0.25) is 0 Å². The summed E-state index contributed by atoms with van der Waals surface area (Å²) in [4.78, 5) is 0. The lowest BCUT2D eigenvalue weighted by atomic mass is 9.75. The molecule has 0 amide bonds. The molecule has 3 atom stereocenters. The summed E-state index contributed by atoms with van der Waals surface area (Å²) in [7, 11) is 0. The number of anilines is 1. The third-order valence-corrected chi connectivity index (χ3v) is 5.70. The van der Waals surface area contributed by atoms with Gasteiger partial charge in [-0.05, 0) is 60.6 Å². The molecule has 0 spiro atoms. The minimum absolute atomic E-state index is 0.390. The van der Waals surface area contributed by atoms with Crippen molar-refractivity contribution in [3.63, 3.8) is 0 Å². The molecule has 1 N–H and O–H groups in total. The maximum absolute atomic E-state index is 3.86. The monoisotopic (exact) mass is 353 g/mol. The molecule has 2 aromatic rings. The molecule has 2 heteroatoms. The Balaban J connectivity index is 1.84. The third-order valence-electron chi connectivity index (χ3n) is 5.18. The van der Waals surface area contributed by atoms with Crippen LogP contribution in [0.25, 0.3) is 0 Å². The Labute approximate surface area is 140 Å². The average Bonchev–Trinajstić information content (AvgIpc) is 3.00. The van der Waals surface area contributed by atoms with E-state index in [1.54, 1.807) is 0 Å². The van der Waals surface area contributed by atoms with Gasteiger partial charge in [-0.2, -0.15) is 0 Å². The maximum atomic E-state index is 3.86. The fourth-order valence-corrected chi connectivity index (χ4v) is 4.31. The van der Waals surface area contributed by atoms with Gasteiger partial charge >= 0.3 is 0 Å². The summed E-state index contributed by atoms with van der Waals surface area (Å²) in [6.45, 7) is 4.45. The fraction of sp³-hybridized carbons (Fsp3) is 0.300. The van der Waals surface area contributed by atoms with Crippen molar-refractivity contribution in [1.82, 2.24) is 0 Å². The summed E-state index contributed by atoms with van der Waals surface area (Å²) in [5, 5.41) is 3.86. The molecule has 1 aliphatic heterocycles. The highest BCUT2D eigenvalue weighted by Crippen LogP contribution is 2.51. The quantitative estimate of drug-likeness (QED) is 0.630. The van der Waals surface area contributed by atoms with Crippen molar-refractivity contribution in [2.75, 3.05) is 5.32 Å². The Bertz CT molecular complexity index is 745. The molecule has 4 rings (SSSR count). The van der Waals surface area contributed by atoms with Gasteiger partial charge in [-0.15, -0.1) is 0 Å². The van der Waals surface area contributed by atoms with Crippen LogP contribution >= 0.6 is 15.9 Å². The second kappa shape index (κ2) is 5.27. The highest BCUT2D eigenvalue weighted by molar-refractivity contribution is 9.10. The topological polar surface area (TPSA) is 12.0 Å². The zero-order valence-corrected chi connectivity index (χ0v) is 14.5. The van der Waals surface area contributed by atoms with Crippen molar-refractivity contribution in [1.29, 1.82) is 0 Å². The number of benzene rings is 2. The number of allylic oxidation sites excluding steroid dienone is 2. The first kappa shape index (κ1) is 14.1. The molecule has 1 nitrogen and oxygen atoms in total. The molecular formula is C20H20BrN. The summed E-state index contributed by atoms with van der Waals surface area (Å²) in [5.74, 6) is 1.17. The number of hydrogen-bond donors (Lipinski definition) is 1. The molecule has 112 valence electrons. The second-order valence-corrected chi connectivity index (χ2v) is 7.43. The number of halogens is 1. The second-order valence-electron chi connectivity index (χ2n) is 6.52. The first-order chi connectivity index (χ1) is 10.6. The molecule has 22 heavy (non-hydrogen) atoms. The molecule has 0 radical (unpaired) electrons. The van der Waals surface area contributed by atoms with Crippen LogP contribution in [0.4, 0.5) is 5.69 Å². The van der Waals surface area contributed by atoms with Crippen LogP contribution in [0.1, 0.15) is 40.6 Å². The van der Waals surface area contributed by atoms with Crippen molar-refractivity contribution in [3.8, 4) is 0 Å². The average molecular weight is 354 g/mol. The molecule has 2 aromatic carbocycles. The van der Waals surface area contributed by atoms with E-state index >= 15 is 0 Å². The van der Waals surface area contributed by atoms with E-state index in [9.17, 15) is 0 Å². The van der Waals surface area contributed by atoms with Gasteiger partial charge in [0.05, 0.1) is 6.04 Å². The number of aryl methyl sites for hydroxylation is 2. The van der Waals surface area contributed by atoms with Crippen LogP contribution in [-0.4, -0.2) is 0 Å². The molecule has 1 heterocycles. The maximum Gasteiger partial charge on any atom is 0.0554 e. The summed E-state index contributed by atoms with van der Waals surface area (Å²) < 4.78 is 1.14. The number of fused-ring (bicyclic) bond motifs is 3. The van der Waals surface area contributed by atoms with Crippen LogP contribution in [0.15, 0.2) is 53.0 Å². The molecule has 2 aliphatic rings. The summed E-state index contributed by atoms with van der Waals surface area (Å²) >= 11 is 3.54. The molecular weight excluding hydrogens is 334 g/mol. The highest BCUT2D eigenvalue weighted by Gasteiger charge is 2.38. The molecule has 0 saturated carbocycles. The Hall–Kier alpha value is -1.54. The van der Waals surface area contributed by atoms with Crippen LogP contribution in [-0.2, 0) is 0 Å². The van der Waals surface area contributed by atoms with E-state index < -0.39 is 0 Å². The van der Waals surface area contributed by atoms with E-state index in [1.165, 1.54) is 27.9 Å². The van der Waals surface area contributed by atoms with Crippen molar-refractivity contribution >= 4 is 21.6 Å². The zero-order chi connectivity index (χ0) is 15.3. The van der Waals surface area contributed by atoms with Gasteiger partial charge in [0.2, 0.25) is 0 Å². The van der Waals surface area contributed by atoms with Crippen molar-refractivity contribution < 1.29 is 0 Å². The minimum atomic E-state index is 0.390. The lowest BCUT2D eigenvalue weighted by molar-refractivity contribution is 0.424. The lowest BCUT2D eigenvalue weighted by Gasteiger charge is -2.39. The van der Waals surface area contributed by atoms with Gasteiger partial charge in [-0.1, -0.05) is 52.3 Å². The molecule has 0 fully saturated rings. The zero-order valence-electron chi connectivity index (χ0n) is 12.9. The number of hydrogen-bond acceptors (Lipinski definition) is 1. The summed E-state index contributed by atoms with van der Waals surface area (Å²) in [6.07, 6.45) is 5.94. The first-order valence-corrected chi connectivity index (χ1v) is 8.73. The predicted molar refractivity (Wildman–Crippen MR) is 96.4 cm³/mol. The van der Waals surface area contributed by atoms with Gasteiger partial charge in [0.1, 0.15) is 0 Å². The van der Waals surface area contributed by atoms with Gasteiger partial charge in [-0.25, -0.2) is 0 Å². The molecule has 0 aromatic heterocycles. The summed E-state index contributed by atoms with van der Waals surface area (Å²) in [6, 6.07) is 13.7. The third kappa shape index (κ3) is 2.13. The Morgan fingerprint density at radius 2 is 1.73 bits per heavy atom. The minimum Gasteiger partial charge on any atom is -0.377 e. The van der Waals surface area contributed by atoms with Crippen molar-refractivity contribution in [2.45, 2.75) is 32.2 Å². The summed E-state index contributed by atoms with van der Waals surface area (Å²) in [5.41, 5.74) is 6.99. The first-order valence-electron chi connectivity index (χ1n) is 7.94. The fourth-order valence-electron chi connectivity index (χ4n) is 4.04. The molecule has 1 aliphatic carbocycles. The van der Waals surface area contributed by atoms with Gasteiger partial charge in [0.25, 0.3) is 0 Å². The lowest BCUT2D eigenvalue weighted by Crippen LogP contribution is -2.30. The molecule has 0 unspecified atom stereocenters. The smallest absolute Gasteiger partial charge is 0.0554 e. The van der Waals surface area contributed by atoms with Gasteiger partial charge < -0.3 is 5.32 Å². The van der Waals surface area contributed by atoms with E-state index in [0.29, 0.717) is 17.9 Å². The standard InChI is InChI=1S/C20H20BrN/c1-12-6-7-13(2)19-18(12)16-4-3-5-17(16)20(22-19)14-8-10-15(21)11-9-14/h3-4,6-11,16-17,20,22H,5H2,1-2H3/t16-,17-,20-/m0/s1. The Morgan fingerprint density at radius 1 is 1.00 bits per heavy atom. The van der Waals surface area contributed by atoms with Crippen LogP contribution in [0.5, 0.6) is 0 Å². The van der Waals surface area contributed by atoms with Gasteiger partial charge in [0, 0.05) is 16.1 Å². The van der Waals surface area contributed by atoms with Crippen LogP contribution in [0.3, 0.4) is 0 Å². The Kier molecular flexibility index (Phi) is 3.37. The van der Waals surface area contributed by atoms with E-state index in [4.69, 9.17) is 0 Å². The number of nitrogens with one attached hydrogen (secondary N) is 1. The molecule has 0 saturated heterocycles. The van der Waals surface area contributed by atoms with Gasteiger partial charge in [0.15, 0.2) is 0 Å². The predicted octanol–water partition coefficient (Wildman–Crippen LogP) is 5.89. The largest absolute Gasteiger partial charge is 0.377 e. The van der Waals surface area contributed by atoms with Crippen molar-refractivity contribution in [2.24, 2.45) is 5.92 Å². The SMILES string of the molecule is Cc1ccc(C)c2c1N[C@@H](c1ccc(Br)cc1)[C@H]1CC=C[C@H]21. The van der Waals surface area contributed by atoms with E-state index in [1.807, 2.05) is 0 Å². The number of rotatable bonds is 1. The van der Waals surface area contributed by atoms with E-state index in [0.717, 1.165) is 10.9 Å². The van der Waals surface area contributed by atoms with Crippen molar-refractivity contribution in [3.05, 3.63) is 75.3 Å². The normalized spacial score (nSPS) is 25.5. The highest BCUT2D eigenvalue weighted by atomic mass is 79.9. The van der Waals surface area contributed by atoms with E-state index in [2.05, 4.69) is 83.6 Å².